The first-order valence-corrected chi connectivity index (χ1v) is 7.05. The number of aromatic nitrogens is 2. The summed E-state index contributed by atoms with van der Waals surface area (Å²) in [5.74, 6) is 2.91. The first-order valence-electron chi connectivity index (χ1n) is 5.65. The van der Waals surface area contributed by atoms with E-state index in [9.17, 15) is 0 Å². The molecule has 0 saturated heterocycles. The lowest BCUT2D eigenvalue weighted by Gasteiger charge is -2.07. The molecule has 5 heteroatoms. The quantitative estimate of drug-likeness (QED) is 0.684. The molecular formula is C11H20N4S. The van der Waals surface area contributed by atoms with Crippen LogP contribution in [0.15, 0.2) is 12.4 Å². The Balaban J connectivity index is 2.27. The maximum absolute atomic E-state index is 4.39. The van der Waals surface area contributed by atoms with Gasteiger partial charge in [-0.25, -0.2) is 4.98 Å². The molecule has 0 saturated carbocycles. The van der Waals surface area contributed by atoms with Crippen LogP contribution >= 0.6 is 11.8 Å². The third kappa shape index (κ3) is 5.21. The van der Waals surface area contributed by atoms with Gasteiger partial charge in [-0.1, -0.05) is 0 Å². The molecule has 16 heavy (non-hydrogen) atoms. The molecule has 2 N–H and O–H groups in total. The molecule has 0 aliphatic rings. The highest BCUT2D eigenvalue weighted by Crippen LogP contribution is 2.06. The van der Waals surface area contributed by atoms with E-state index in [-0.39, 0.29) is 0 Å². The Morgan fingerprint density at radius 1 is 1.19 bits per heavy atom. The van der Waals surface area contributed by atoms with Gasteiger partial charge in [0.25, 0.3) is 0 Å². The molecule has 1 aromatic heterocycles. The Bertz CT molecular complexity index is 293. The fourth-order valence-electron chi connectivity index (χ4n) is 1.31. The van der Waals surface area contributed by atoms with Crippen LogP contribution < -0.4 is 10.6 Å². The number of unbranched alkanes of at least 4 members (excludes halogenated alkanes) is 1. The molecule has 90 valence electrons. The second kappa shape index (κ2) is 8.21. The van der Waals surface area contributed by atoms with Crippen molar-refractivity contribution < 1.29 is 0 Å². The summed E-state index contributed by atoms with van der Waals surface area (Å²) >= 11 is 1.89. The molecular weight excluding hydrogens is 220 g/mol. The Labute approximate surface area is 102 Å². The zero-order chi connectivity index (χ0) is 11.6. The number of thioether (sulfide) groups is 1. The SMILES string of the molecule is CCNc1cncc(NCCCCSC)n1. The number of hydrogen-bond acceptors (Lipinski definition) is 5. The van der Waals surface area contributed by atoms with E-state index in [0.29, 0.717) is 0 Å². The van der Waals surface area contributed by atoms with E-state index >= 15 is 0 Å². The molecule has 1 rings (SSSR count). The summed E-state index contributed by atoms with van der Waals surface area (Å²) in [6.07, 6.45) is 8.05. The van der Waals surface area contributed by atoms with E-state index in [1.54, 1.807) is 12.4 Å². The molecule has 0 spiro atoms. The maximum Gasteiger partial charge on any atom is 0.146 e. The Morgan fingerprint density at radius 3 is 2.62 bits per heavy atom. The molecule has 0 bridgehead atoms. The molecule has 0 atom stereocenters. The molecule has 1 aromatic rings. The molecule has 0 radical (unpaired) electrons. The highest BCUT2D eigenvalue weighted by molar-refractivity contribution is 7.98. The average molecular weight is 240 g/mol. The number of nitrogens with one attached hydrogen (secondary N) is 2. The van der Waals surface area contributed by atoms with Gasteiger partial charge in [0.15, 0.2) is 0 Å². The van der Waals surface area contributed by atoms with Gasteiger partial charge >= 0.3 is 0 Å². The summed E-state index contributed by atoms with van der Waals surface area (Å²) in [5, 5.41) is 6.42. The van der Waals surface area contributed by atoms with E-state index < -0.39 is 0 Å². The number of hydrogen-bond donors (Lipinski definition) is 2. The molecule has 0 aliphatic heterocycles. The summed E-state index contributed by atoms with van der Waals surface area (Å²) < 4.78 is 0. The van der Waals surface area contributed by atoms with Gasteiger partial charge in [-0.2, -0.15) is 11.8 Å². The van der Waals surface area contributed by atoms with Crippen molar-refractivity contribution in [1.82, 2.24) is 9.97 Å². The summed E-state index contributed by atoms with van der Waals surface area (Å²) in [6.45, 7) is 3.88. The van der Waals surface area contributed by atoms with Crippen LogP contribution in [0.25, 0.3) is 0 Å². The van der Waals surface area contributed by atoms with Gasteiger partial charge < -0.3 is 10.6 Å². The van der Waals surface area contributed by atoms with Crippen molar-refractivity contribution in [1.29, 1.82) is 0 Å². The summed E-state index contributed by atoms with van der Waals surface area (Å²) in [5.41, 5.74) is 0. The Morgan fingerprint density at radius 2 is 1.94 bits per heavy atom. The predicted octanol–water partition coefficient (Wildman–Crippen LogP) is 2.46. The van der Waals surface area contributed by atoms with Crippen molar-refractivity contribution >= 4 is 23.4 Å². The standard InChI is InChI=1S/C11H20N4S/c1-3-13-10-8-12-9-11(15-10)14-6-4-5-7-16-2/h8-9H,3-7H2,1-2H3,(H2,13,14,15). The second-order valence-electron chi connectivity index (χ2n) is 3.45. The van der Waals surface area contributed by atoms with Crippen LogP contribution in [0, 0.1) is 0 Å². The van der Waals surface area contributed by atoms with E-state index in [1.807, 2.05) is 18.7 Å². The van der Waals surface area contributed by atoms with Gasteiger partial charge in [0.2, 0.25) is 0 Å². The summed E-state index contributed by atoms with van der Waals surface area (Å²) in [4.78, 5) is 8.52. The van der Waals surface area contributed by atoms with Crippen molar-refractivity contribution in [2.45, 2.75) is 19.8 Å². The summed E-state index contributed by atoms with van der Waals surface area (Å²) in [6, 6.07) is 0. The van der Waals surface area contributed by atoms with Gasteiger partial charge in [0, 0.05) is 13.1 Å². The molecule has 1 heterocycles. The lowest BCUT2D eigenvalue weighted by Crippen LogP contribution is -2.06. The van der Waals surface area contributed by atoms with Gasteiger partial charge in [-0.05, 0) is 31.8 Å². The second-order valence-corrected chi connectivity index (χ2v) is 4.43. The minimum Gasteiger partial charge on any atom is -0.369 e. The van der Waals surface area contributed by atoms with E-state index in [4.69, 9.17) is 0 Å². The molecule has 0 aromatic carbocycles. The minimum atomic E-state index is 0.830. The third-order valence-electron chi connectivity index (χ3n) is 2.07. The molecule has 0 fully saturated rings. The third-order valence-corrected chi connectivity index (χ3v) is 2.77. The van der Waals surface area contributed by atoms with Crippen LogP contribution in [0.2, 0.25) is 0 Å². The highest BCUT2D eigenvalue weighted by atomic mass is 32.2. The molecule has 0 unspecified atom stereocenters. The van der Waals surface area contributed by atoms with Gasteiger partial charge in [-0.3, -0.25) is 4.98 Å². The van der Waals surface area contributed by atoms with E-state index in [2.05, 4.69) is 26.9 Å². The van der Waals surface area contributed by atoms with Crippen LogP contribution in [0.5, 0.6) is 0 Å². The smallest absolute Gasteiger partial charge is 0.146 e. The lowest BCUT2D eigenvalue weighted by molar-refractivity contribution is 0.839. The zero-order valence-electron chi connectivity index (χ0n) is 9.99. The topological polar surface area (TPSA) is 49.8 Å². The first kappa shape index (κ1) is 13.1. The van der Waals surface area contributed by atoms with Crippen LogP contribution in [0.3, 0.4) is 0 Å². The average Bonchev–Trinajstić information content (AvgIpc) is 2.30. The Hall–Kier alpha value is -0.970. The van der Waals surface area contributed by atoms with Crippen molar-refractivity contribution in [3.8, 4) is 0 Å². The van der Waals surface area contributed by atoms with E-state index in [0.717, 1.165) is 24.7 Å². The van der Waals surface area contributed by atoms with Crippen LogP contribution in [-0.2, 0) is 0 Å². The monoisotopic (exact) mass is 240 g/mol. The minimum absolute atomic E-state index is 0.830. The zero-order valence-corrected chi connectivity index (χ0v) is 10.8. The maximum atomic E-state index is 4.39. The van der Waals surface area contributed by atoms with E-state index in [1.165, 1.54) is 18.6 Å². The van der Waals surface area contributed by atoms with Gasteiger partial charge in [0.1, 0.15) is 11.6 Å². The van der Waals surface area contributed by atoms with Crippen molar-refractivity contribution in [3.05, 3.63) is 12.4 Å². The highest BCUT2D eigenvalue weighted by Gasteiger charge is 1.96. The van der Waals surface area contributed by atoms with Crippen molar-refractivity contribution in [2.75, 3.05) is 35.7 Å². The van der Waals surface area contributed by atoms with Crippen LogP contribution in [0.4, 0.5) is 11.6 Å². The number of anilines is 2. The van der Waals surface area contributed by atoms with Gasteiger partial charge in [-0.15, -0.1) is 0 Å². The van der Waals surface area contributed by atoms with Crippen LogP contribution in [0.1, 0.15) is 19.8 Å². The van der Waals surface area contributed by atoms with Gasteiger partial charge in [0.05, 0.1) is 12.4 Å². The van der Waals surface area contributed by atoms with Crippen molar-refractivity contribution in [2.24, 2.45) is 0 Å². The fourth-order valence-corrected chi connectivity index (χ4v) is 1.80. The number of rotatable bonds is 8. The van der Waals surface area contributed by atoms with Crippen molar-refractivity contribution in [3.63, 3.8) is 0 Å². The molecule has 4 nitrogen and oxygen atoms in total. The molecule has 0 aliphatic carbocycles. The number of nitrogens with zero attached hydrogens (tertiary/aromatic N) is 2. The fraction of sp³-hybridized carbons (Fsp3) is 0.636. The molecule has 0 amide bonds. The predicted molar refractivity (Wildman–Crippen MR) is 72.3 cm³/mol. The summed E-state index contributed by atoms with van der Waals surface area (Å²) in [7, 11) is 0. The normalized spacial score (nSPS) is 10.1. The lowest BCUT2D eigenvalue weighted by atomic mass is 10.3. The largest absolute Gasteiger partial charge is 0.369 e. The first-order chi connectivity index (χ1) is 7.86. The van der Waals surface area contributed by atoms with Crippen LogP contribution in [-0.4, -0.2) is 35.1 Å². The Kier molecular flexibility index (Phi) is 6.72.